The molecule has 1 amide bonds. The summed E-state index contributed by atoms with van der Waals surface area (Å²) in [7, 11) is -1.66. The molecule has 1 saturated heterocycles. The molecule has 0 bridgehead atoms. The van der Waals surface area contributed by atoms with Crippen LogP contribution in [-0.2, 0) is 14.8 Å². The molecule has 0 unspecified atom stereocenters. The van der Waals surface area contributed by atoms with Crippen molar-refractivity contribution in [3.05, 3.63) is 0 Å². The topological polar surface area (TPSA) is 104 Å². The highest BCUT2D eigenvalue weighted by molar-refractivity contribution is 7.91. The van der Waals surface area contributed by atoms with E-state index in [1.54, 1.807) is 0 Å². The van der Waals surface area contributed by atoms with Crippen molar-refractivity contribution >= 4 is 32.4 Å². The fourth-order valence-electron chi connectivity index (χ4n) is 1.92. The van der Waals surface area contributed by atoms with E-state index in [1.165, 1.54) is 6.92 Å². The van der Waals surface area contributed by atoms with Crippen molar-refractivity contribution in [1.82, 2.24) is 19.8 Å². The van der Waals surface area contributed by atoms with E-state index in [4.69, 9.17) is 0 Å². The molecule has 0 saturated carbocycles. The van der Waals surface area contributed by atoms with E-state index in [0.717, 1.165) is 37.3 Å². The molecule has 112 valence electrons. The quantitative estimate of drug-likeness (QED) is 0.749. The van der Waals surface area contributed by atoms with Crippen molar-refractivity contribution in [2.45, 2.75) is 30.1 Å². The van der Waals surface area contributed by atoms with Crippen LogP contribution < -0.4 is 10.0 Å². The SMILES string of the molecule is CC(=O)Nc1nnc(S(=O)(=O)NC2CCN(C)CC2)s1. The fraction of sp³-hybridized carbons (Fsp3) is 0.700. The van der Waals surface area contributed by atoms with E-state index >= 15 is 0 Å². The minimum Gasteiger partial charge on any atom is -0.306 e. The van der Waals surface area contributed by atoms with E-state index in [-0.39, 0.29) is 21.4 Å². The Labute approximate surface area is 121 Å². The third-order valence-electron chi connectivity index (χ3n) is 2.96. The molecule has 2 rings (SSSR count). The Bertz CT molecular complexity index is 577. The molecule has 1 aliphatic heterocycles. The summed E-state index contributed by atoms with van der Waals surface area (Å²) >= 11 is 0.842. The van der Waals surface area contributed by atoms with Gasteiger partial charge in [0.05, 0.1) is 0 Å². The van der Waals surface area contributed by atoms with Crippen LogP contribution in [0.4, 0.5) is 5.13 Å². The van der Waals surface area contributed by atoms with Gasteiger partial charge in [-0.2, -0.15) is 0 Å². The Morgan fingerprint density at radius 3 is 2.60 bits per heavy atom. The lowest BCUT2D eigenvalue weighted by Gasteiger charge is -2.28. The zero-order valence-corrected chi connectivity index (χ0v) is 12.9. The molecule has 2 heterocycles. The molecule has 1 aromatic heterocycles. The summed E-state index contributed by atoms with van der Waals surface area (Å²) in [6, 6.07) is -0.0793. The van der Waals surface area contributed by atoms with Gasteiger partial charge in [-0.1, -0.05) is 11.3 Å². The van der Waals surface area contributed by atoms with E-state index in [9.17, 15) is 13.2 Å². The van der Waals surface area contributed by atoms with Gasteiger partial charge in [0, 0.05) is 13.0 Å². The maximum atomic E-state index is 12.2. The molecule has 10 heteroatoms. The number of carbonyl (C=O) groups excluding carboxylic acids is 1. The van der Waals surface area contributed by atoms with Crippen LogP contribution >= 0.6 is 11.3 Å². The van der Waals surface area contributed by atoms with Crippen molar-refractivity contribution in [3.8, 4) is 0 Å². The molecular formula is C10H17N5O3S2. The molecule has 1 fully saturated rings. The van der Waals surface area contributed by atoms with E-state index < -0.39 is 10.0 Å². The predicted octanol–water partition coefficient (Wildman–Crippen LogP) is -0.131. The molecule has 1 aliphatic rings. The second kappa shape index (κ2) is 6.12. The molecule has 0 atom stereocenters. The number of likely N-dealkylation sites (tertiary alicyclic amines) is 1. The number of hydrogen-bond acceptors (Lipinski definition) is 7. The van der Waals surface area contributed by atoms with Crippen LogP contribution in [0, 0.1) is 0 Å². The highest BCUT2D eigenvalue weighted by atomic mass is 32.2. The Morgan fingerprint density at radius 1 is 1.35 bits per heavy atom. The normalized spacial score (nSPS) is 18.1. The van der Waals surface area contributed by atoms with Gasteiger partial charge in [0.15, 0.2) is 0 Å². The number of amides is 1. The first kappa shape index (κ1) is 15.3. The zero-order chi connectivity index (χ0) is 14.8. The second-order valence-electron chi connectivity index (χ2n) is 4.75. The second-order valence-corrected chi connectivity index (χ2v) is 7.62. The van der Waals surface area contributed by atoms with E-state index in [2.05, 4.69) is 25.1 Å². The Balaban J connectivity index is 2.02. The molecule has 0 aromatic carbocycles. The van der Waals surface area contributed by atoms with Gasteiger partial charge in [-0.3, -0.25) is 4.79 Å². The number of piperidine rings is 1. The lowest BCUT2D eigenvalue weighted by molar-refractivity contribution is -0.114. The van der Waals surface area contributed by atoms with Crippen LogP contribution in [0.15, 0.2) is 4.34 Å². The van der Waals surface area contributed by atoms with Crippen molar-refractivity contribution in [1.29, 1.82) is 0 Å². The average molecular weight is 319 g/mol. The summed E-state index contributed by atoms with van der Waals surface area (Å²) in [4.78, 5) is 13.0. The molecule has 0 aliphatic carbocycles. The monoisotopic (exact) mass is 319 g/mol. The number of carbonyl (C=O) groups is 1. The van der Waals surface area contributed by atoms with Gasteiger partial charge in [0.1, 0.15) is 0 Å². The summed E-state index contributed by atoms with van der Waals surface area (Å²) in [5, 5.41) is 9.85. The Morgan fingerprint density at radius 2 is 2.00 bits per heavy atom. The lowest BCUT2D eigenvalue weighted by Crippen LogP contribution is -2.43. The highest BCUT2D eigenvalue weighted by Crippen LogP contribution is 2.21. The van der Waals surface area contributed by atoms with Crippen LogP contribution in [-0.4, -0.2) is 55.6 Å². The van der Waals surface area contributed by atoms with Gasteiger partial charge in [-0.05, 0) is 33.0 Å². The zero-order valence-electron chi connectivity index (χ0n) is 11.3. The summed E-state index contributed by atoms with van der Waals surface area (Å²) in [6.07, 6.45) is 1.54. The van der Waals surface area contributed by atoms with Crippen molar-refractivity contribution in [2.24, 2.45) is 0 Å². The highest BCUT2D eigenvalue weighted by Gasteiger charge is 2.26. The van der Waals surface area contributed by atoms with Crippen LogP contribution in [0.3, 0.4) is 0 Å². The molecule has 8 nitrogen and oxygen atoms in total. The summed E-state index contributed by atoms with van der Waals surface area (Å²) < 4.78 is 26.8. The summed E-state index contributed by atoms with van der Waals surface area (Å²) in [5.41, 5.74) is 0. The minimum absolute atomic E-state index is 0.0793. The first-order valence-electron chi connectivity index (χ1n) is 6.19. The van der Waals surface area contributed by atoms with Gasteiger partial charge in [-0.25, -0.2) is 13.1 Å². The third kappa shape index (κ3) is 3.95. The number of nitrogens with one attached hydrogen (secondary N) is 2. The van der Waals surface area contributed by atoms with Crippen molar-refractivity contribution < 1.29 is 13.2 Å². The van der Waals surface area contributed by atoms with Crippen LogP contribution in [0.5, 0.6) is 0 Å². The Hall–Kier alpha value is -1.10. The van der Waals surface area contributed by atoms with E-state index in [1.807, 2.05) is 7.05 Å². The predicted molar refractivity (Wildman–Crippen MR) is 75.1 cm³/mol. The number of nitrogens with zero attached hydrogens (tertiary/aromatic N) is 3. The van der Waals surface area contributed by atoms with Crippen LogP contribution in [0.1, 0.15) is 19.8 Å². The van der Waals surface area contributed by atoms with Gasteiger partial charge < -0.3 is 10.2 Å². The van der Waals surface area contributed by atoms with Gasteiger partial charge in [0.2, 0.25) is 15.4 Å². The van der Waals surface area contributed by atoms with Gasteiger partial charge in [0.25, 0.3) is 10.0 Å². The van der Waals surface area contributed by atoms with Gasteiger partial charge >= 0.3 is 0 Å². The molecule has 1 aromatic rings. The minimum atomic E-state index is -3.67. The lowest BCUT2D eigenvalue weighted by atomic mass is 10.1. The molecule has 0 spiro atoms. The molecule has 0 radical (unpaired) electrons. The third-order valence-corrected chi connectivity index (χ3v) is 5.69. The van der Waals surface area contributed by atoms with Crippen molar-refractivity contribution in [2.75, 3.05) is 25.5 Å². The first-order valence-corrected chi connectivity index (χ1v) is 8.49. The number of sulfonamides is 1. The Kier molecular flexibility index (Phi) is 4.68. The smallest absolute Gasteiger partial charge is 0.270 e. The number of aromatic nitrogens is 2. The number of anilines is 1. The number of rotatable bonds is 4. The number of hydrogen-bond donors (Lipinski definition) is 2. The van der Waals surface area contributed by atoms with Crippen molar-refractivity contribution in [3.63, 3.8) is 0 Å². The van der Waals surface area contributed by atoms with E-state index in [0.29, 0.717) is 0 Å². The molecule has 2 N–H and O–H groups in total. The van der Waals surface area contributed by atoms with Gasteiger partial charge in [-0.15, -0.1) is 10.2 Å². The molecule has 20 heavy (non-hydrogen) atoms. The van der Waals surface area contributed by atoms with Crippen LogP contribution in [0.25, 0.3) is 0 Å². The molecular weight excluding hydrogens is 302 g/mol. The maximum Gasteiger partial charge on any atom is 0.270 e. The van der Waals surface area contributed by atoms with Crippen LogP contribution in [0.2, 0.25) is 0 Å². The summed E-state index contributed by atoms with van der Waals surface area (Å²) in [6.45, 7) is 3.05. The first-order chi connectivity index (χ1) is 9.37. The average Bonchev–Trinajstić information content (AvgIpc) is 2.80. The summed E-state index contributed by atoms with van der Waals surface area (Å²) in [5.74, 6) is -0.312. The largest absolute Gasteiger partial charge is 0.306 e. The fourth-order valence-corrected chi connectivity index (χ4v) is 4.18. The maximum absolute atomic E-state index is 12.2. The standard InChI is InChI=1S/C10H17N5O3S2/c1-7(16)11-9-12-13-10(19-9)20(17,18)14-8-3-5-15(2)6-4-8/h8,14H,3-6H2,1-2H3,(H,11,12,16).